The average molecular weight is 507 g/mol. The van der Waals surface area contributed by atoms with E-state index in [0.717, 1.165) is 0 Å². The Morgan fingerprint density at radius 2 is 2.14 bits per heavy atom. The summed E-state index contributed by atoms with van der Waals surface area (Å²) in [5.74, 6) is -2.03. The Kier molecular flexibility index (Phi) is 5.77. The van der Waals surface area contributed by atoms with Crippen LogP contribution in [-0.2, 0) is 16.1 Å². The molecule has 1 unspecified atom stereocenters. The van der Waals surface area contributed by atoms with Gasteiger partial charge >= 0.3 is 5.97 Å². The van der Waals surface area contributed by atoms with Crippen LogP contribution in [0.4, 0.5) is 0 Å². The zero-order valence-corrected chi connectivity index (χ0v) is 19.7. The highest BCUT2D eigenvalue weighted by molar-refractivity contribution is 6.31. The Morgan fingerprint density at radius 3 is 2.86 bits per heavy atom. The molecule has 0 spiro atoms. The minimum absolute atomic E-state index is 0.176. The number of hydrogen-bond donors (Lipinski definition) is 3. The van der Waals surface area contributed by atoms with Gasteiger partial charge in [-0.2, -0.15) is 10.4 Å². The zero-order chi connectivity index (χ0) is 25.6. The molecule has 182 valence electrons. The lowest BCUT2D eigenvalue weighted by molar-refractivity contribution is -0.138. The van der Waals surface area contributed by atoms with E-state index in [-0.39, 0.29) is 29.4 Å². The highest BCUT2D eigenvalue weighted by Gasteiger charge is 2.33. The average Bonchev–Trinajstić information content (AvgIpc) is 3.39. The van der Waals surface area contributed by atoms with Gasteiger partial charge in [-0.3, -0.25) is 19.1 Å². The number of aromatic nitrogens is 5. The summed E-state index contributed by atoms with van der Waals surface area (Å²) in [6.45, 7) is 1.91. The summed E-state index contributed by atoms with van der Waals surface area (Å²) in [5, 5.41) is 26.3. The van der Waals surface area contributed by atoms with Gasteiger partial charge in [0.2, 0.25) is 5.91 Å². The molecule has 3 aromatic heterocycles. The predicted octanol–water partition coefficient (Wildman–Crippen LogP) is 1.81. The van der Waals surface area contributed by atoms with E-state index >= 15 is 0 Å². The molecule has 12 nitrogen and oxygen atoms in total. The van der Waals surface area contributed by atoms with E-state index in [1.54, 1.807) is 25.1 Å². The van der Waals surface area contributed by atoms with Gasteiger partial charge in [-0.15, -0.1) is 0 Å². The molecule has 0 radical (unpaired) electrons. The molecule has 1 aliphatic heterocycles. The number of carboxylic acid groups (broad SMARTS) is 1. The summed E-state index contributed by atoms with van der Waals surface area (Å²) in [4.78, 5) is 50.2. The normalized spacial score (nSPS) is 14.4. The van der Waals surface area contributed by atoms with Crippen LogP contribution in [0.2, 0.25) is 5.02 Å². The minimum atomic E-state index is -1.07. The van der Waals surface area contributed by atoms with Crippen LogP contribution in [0.5, 0.6) is 0 Å². The number of carbonyl (C=O) groups is 3. The topological polar surface area (TPSA) is 170 Å². The second kappa shape index (κ2) is 8.94. The Labute approximate surface area is 208 Å². The molecule has 1 fully saturated rings. The van der Waals surface area contributed by atoms with Gasteiger partial charge in [-0.1, -0.05) is 11.6 Å². The second-order valence-electron chi connectivity index (χ2n) is 8.48. The Hall–Kier alpha value is -4.50. The maximum atomic E-state index is 13.0. The van der Waals surface area contributed by atoms with Gasteiger partial charge < -0.3 is 20.3 Å². The first-order chi connectivity index (χ1) is 17.2. The molecule has 1 aromatic carbocycles. The summed E-state index contributed by atoms with van der Waals surface area (Å²) in [6.07, 6.45) is 2.93. The number of carboxylic acids is 1. The van der Waals surface area contributed by atoms with E-state index in [4.69, 9.17) is 16.9 Å². The van der Waals surface area contributed by atoms with Gasteiger partial charge in [0.1, 0.15) is 29.5 Å². The van der Waals surface area contributed by atoms with Crippen molar-refractivity contribution in [2.45, 2.75) is 19.5 Å². The molecule has 5 rings (SSSR count). The quantitative estimate of drug-likeness (QED) is 0.355. The molecule has 1 atom stereocenters. The fourth-order valence-electron chi connectivity index (χ4n) is 4.11. The lowest BCUT2D eigenvalue weighted by Crippen LogP contribution is -2.55. The maximum absolute atomic E-state index is 13.0. The number of nitrogens with one attached hydrogen (secondary N) is 2. The van der Waals surface area contributed by atoms with Crippen LogP contribution < -0.4 is 5.32 Å². The highest BCUT2D eigenvalue weighted by Crippen LogP contribution is 2.30. The number of fused-ring (bicyclic) bond motifs is 2. The molecule has 36 heavy (non-hydrogen) atoms. The van der Waals surface area contributed by atoms with Crippen molar-refractivity contribution >= 4 is 51.5 Å². The molecule has 0 aliphatic carbocycles. The Balaban J connectivity index is 1.45. The fourth-order valence-corrected chi connectivity index (χ4v) is 4.28. The molecule has 3 N–H and O–H groups in total. The van der Waals surface area contributed by atoms with Crippen LogP contribution in [0.1, 0.15) is 17.3 Å². The van der Waals surface area contributed by atoms with Crippen molar-refractivity contribution < 1.29 is 19.5 Å². The number of aliphatic carboxylic acids is 1. The number of nitriles is 1. The summed E-state index contributed by atoms with van der Waals surface area (Å²) < 4.78 is 1.31. The summed E-state index contributed by atoms with van der Waals surface area (Å²) >= 11 is 6.11. The summed E-state index contributed by atoms with van der Waals surface area (Å²) in [7, 11) is 0. The third kappa shape index (κ3) is 4.09. The molecular weight excluding hydrogens is 488 g/mol. The predicted molar refractivity (Wildman–Crippen MR) is 128 cm³/mol. The smallest absolute Gasteiger partial charge is 0.325 e. The molecular formula is C23H19ClN8O4. The number of carbonyl (C=O) groups excluding carboxylic acids is 2. The van der Waals surface area contributed by atoms with Crippen molar-refractivity contribution in [1.29, 1.82) is 5.26 Å². The van der Waals surface area contributed by atoms with Crippen molar-refractivity contribution in [2.24, 2.45) is 5.92 Å². The molecule has 2 amide bonds. The van der Waals surface area contributed by atoms with Crippen molar-refractivity contribution in [3.8, 4) is 17.5 Å². The van der Waals surface area contributed by atoms with Crippen molar-refractivity contribution in [1.82, 2.24) is 34.9 Å². The van der Waals surface area contributed by atoms with Gasteiger partial charge in [0, 0.05) is 29.7 Å². The number of rotatable bonds is 6. The number of halogens is 1. The van der Waals surface area contributed by atoms with E-state index in [1.165, 1.54) is 22.0 Å². The Morgan fingerprint density at radius 1 is 1.36 bits per heavy atom. The van der Waals surface area contributed by atoms with Gasteiger partial charge in [0.05, 0.1) is 29.3 Å². The number of hydrogen-bond acceptors (Lipinski definition) is 7. The number of aromatic amines is 1. The lowest BCUT2D eigenvalue weighted by atomic mass is 10.0. The lowest BCUT2D eigenvalue weighted by Gasteiger charge is -2.37. The molecule has 1 aliphatic rings. The summed E-state index contributed by atoms with van der Waals surface area (Å²) in [5.41, 5.74) is 2.06. The first-order valence-electron chi connectivity index (χ1n) is 11.0. The molecule has 4 aromatic rings. The number of benzene rings is 1. The van der Waals surface area contributed by atoms with Crippen LogP contribution in [0.15, 0.2) is 30.6 Å². The molecule has 1 saturated heterocycles. The molecule has 0 bridgehead atoms. The largest absolute Gasteiger partial charge is 0.480 e. The molecule has 13 heteroatoms. The van der Waals surface area contributed by atoms with Crippen LogP contribution >= 0.6 is 11.6 Å². The number of amides is 2. The van der Waals surface area contributed by atoms with E-state index in [2.05, 4.69) is 31.4 Å². The van der Waals surface area contributed by atoms with Gasteiger partial charge in [-0.05, 0) is 25.1 Å². The summed E-state index contributed by atoms with van der Waals surface area (Å²) in [6, 6.07) is 6.31. The monoisotopic (exact) mass is 506 g/mol. The van der Waals surface area contributed by atoms with E-state index in [9.17, 15) is 19.5 Å². The third-order valence-electron chi connectivity index (χ3n) is 5.96. The molecule has 0 saturated carbocycles. The van der Waals surface area contributed by atoms with Gasteiger partial charge in [0.25, 0.3) is 5.91 Å². The van der Waals surface area contributed by atoms with E-state index in [0.29, 0.717) is 46.1 Å². The van der Waals surface area contributed by atoms with Gasteiger partial charge in [0.15, 0.2) is 5.65 Å². The number of nitrogens with zero attached hydrogens (tertiary/aromatic N) is 6. The van der Waals surface area contributed by atoms with Crippen molar-refractivity contribution in [3.05, 3.63) is 41.2 Å². The third-order valence-corrected chi connectivity index (χ3v) is 6.20. The SMILES string of the molecule is CC(NC(=O)c1c[nH]c2ncc(-c3nn(CC(=O)O)c4cc(Cl)ccc34)nc12)C(=O)N1CC(C#N)C1. The fraction of sp³-hybridized carbons (Fsp3) is 0.261. The van der Waals surface area contributed by atoms with Gasteiger partial charge in [-0.25, -0.2) is 9.97 Å². The van der Waals surface area contributed by atoms with Crippen molar-refractivity contribution in [3.63, 3.8) is 0 Å². The highest BCUT2D eigenvalue weighted by atomic mass is 35.5. The van der Waals surface area contributed by atoms with Crippen LogP contribution in [-0.4, -0.2) is 71.7 Å². The first-order valence-corrected chi connectivity index (χ1v) is 11.3. The first kappa shape index (κ1) is 23.3. The van der Waals surface area contributed by atoms with Crippen molar-refractivity contribution in [2.75, 3.05) is 13.1 Å². The molecule has 4 heterocycles. The van der Waals surface area contributed by atoms with Crippen LogP contribution in [0.25, 0.3) is 33.5 Å². The van der Waals surface area contributed by atoms with E-state index < -0.39 is 17.9 Å². The zero-order valence-electron chi connectivity index (χ0n) is 18.9. The number of H-pyrrole nitrogens is 1. The Bertz CT molecular complexity index is 1580. The maximum Gasteiger partial charge on any atom is 0.325 e. The second-order valence-corrected chi connectivity index (χ2v) is 8.92. The van der Waals surface area contributed by atoms with Crippen LogP contribution in [0, 0.1) is 17.2 Å². The van der Waals surface area contributed by atoms with E-state index in [1.807, 2.05) is 0 Å². The standard InChI is InChI=1S/C23H19ClN8O4/c1-11(23(36)31-8-12(5-25)9-31)28-22(35)15-6-26-21-20(15)29-16(7-27-21)19-14-3-2-13(24)4-17(14)32(30-19)10-18(33)34/h2-4,6-7,11-12H,8-10H2,1H3,(H,26,27)(H,28,35)(H,33,34). The minimum Gasteiger partial charge on any atom is -0.480 e. The number of likely N-dealkylation sites (tertiary alicyclic amines) is 1. The van der Waals surface area contributed by atoms with Crippen LogP contribution in [0.3, 0.4) is 0 Å².